The average molecular weight is 269 g/mol. The van der Waals surface area contributed by atoms with Gasteiger partial charge >= 0.3 is 0 Å². The summed E-state index contributed by atoms with van der Waals surface area (Å²) in [6.07, 6.45) is 0.884. The molecule has 0 spiro atoms. The first kappa shape index (κ1) is 15.5. The average Bonchev–Trinajstić information content (AvgIpc) is 2.25. The van der Waals surface area contributed by atoms with Crippen molar-refractivity contribution in [2.75, 3.05) is 12.3 Å². The quantitative estimate of drug-likeness (QED) is 0.841. The van der Waals surface area contributed by atoms with Crippen LogP contribution in [0.15, 0.2) is 24.3 Å². The Morgan fingerprint density at radius 3 is 2.61 bits per heavy atom. The SMILES string of the molecule is CCNC(CSC(C)(C)C)Cc1cccc(F)c1. The second-order valence-electron chi connectivity index (χ2n) is 5.51. The number of hydrogen-bond acceptors (Lipinski definition) is 2. The zero-order chi connectivity index (χ0) is 13.6. The summed E-state index contributed by atoms with van der Waals surface area (Å²) in [4.78, 5) is 0. The van der Waals surface area contributed by atoms with E-state index in [2.05, 4.69) is 33.0 Å². The lowest BCUT2D eigenvalue weighted by Crippen LogP contribution is -2.34. The van der Waals surface area contributed by atoms with Gasteiger partial charge in [-0.25, -0.2) is 4.39 Å². The smallest absolute Gasteiger partial charge is 0.123 e. The van der Waals surface area contributed by atoms with E-state index in [0.29, 0.717) is 6.04 Å². The van der Waals surface area contributed by atoms with Gasteiger partial charge in [0, 0.05) is 16.5 Å². The molecule has 0 heterocycles. The van der Waals surface area contributed by atoms with Crippen LogP contribution in [0.2, 0.25) is 0 Å². The van der Waals surface area contributed by atoms with Gasteiger partial charge in [0.1, 0.15) is 5.82 Å². The maximum Gasteiger partial charge on any atom is 0.123 e. The zero-order valence-corrected chi connectivity index (χ0v) is 12.6. The molecule has 1 aromatic rings. The lowest BCUT2D eigenvalue weighted by atomic mass is 10.1. The van der Waals surface area contributed by atoms with Crippen LogP contribution in [0.3, 0.4) is 0 Å². The molecule has 0 saturated carbocycles. The molecule has 0 radical (unpaired) electrons. The van der Waals surface area contributed by atoms with E-state index in [4.69, 9.17) is 0 Å². The van der Waals surface area contributed by atoms with Crippen molar-refractivity contribution in [3.8, 4) is 0 Å². The predicted octanol–water partition coefficient (Wildman–Crippen LogP) is 3.88. The molecule has 0 aliphatic carbocycles. The molecule has 0 aromatic heterocycles. The fraction of sp³-hybridized carbons (Fsp3) is 0.600. The Morgan fingerprint density at radius 2 is 2.06 bits per heavy atom. The first-order valence-electron chi connectivity index (χ1n) is 6.52. The van der Waals surface area contributed by atoms with Crippen LogP contribution < -0.4 is 5.32 Å². The molecule has 0 bridgehead atoms. The Hall–Kier alpha value is -0.540. The molecule has 3 heteroatoms. The van der Waals surface area contributed by atoms with E-state index in [1.54, 1.807) is 12.1 Å². The predicted molar refractivity (Wildman–Crippen MR) is 79.8 cm³/mol. The van der Waals surface area contributed by atoms with Crippen molar-refractivity contribution in [2.24, 2.45) is 0 Å². The Kier molecular flexibility index (Phi) is 6.16. The Balaban J connectivity index is 2.57. The lowest BCUT2D eigenvalue weighted by Gasteiger charge is -2.23. The van der Waals surface area contributed by atoms with Crippen molar-refractivity contribution in [3.05, 3.63) is 35.6 Å². The van der Waals surface area contributed by atoms with Crippen LogP contribution in [0.4, 0.5) is 4.39 Å². The molecular weight excluding hydrogens is 245 g/mol. The fourth-order valence-corrected chi connectivity index (χ4v) is 2.71. The summed E-state index contributed by atoms with van der Waals surface area (Å²) in [7, 11) is 0. The molecule has 0 aliphatic heterocycles. The molecule has 1 aromatic carbocycles. The van der Waals surface area contributed by atoms with Crippen LogP contribution in [0.1, 0.15) is 33.3 Å². The van der Waals surface area contributed by atoms with Crippen LogP contribution in [0.25, 0.3) is 0 Å². The molecule has 1 N–H and O–H groups in total. The van der Waals surface area contributed by atoms with E-state index in [0.717, 1.165) is 24.3 Å². The monoisotopic (exact) mass is 269 g/mol. The third kappa shape index (κ3) is 6.41. The Bertz CT molecular complexity index is 360. The number of nitrogens with one attached hydrogen (secondary N) is 1. The van der Waals surface area contributed by atoms with Crippen LogP contribution >= 0.6 is 11.8 Å². The maximum absolute atomic E-state index is 13.2. The summed E-state index contributed by atoms with van der Waals surface area (Å²) in [6, 6.07) is 7.31. The van der Waals surface area contributed by atoms with E-state index in [9.17, 15) is 4.39 Å². The topological polar surface area (TPSA) is 12.0 Å². The second-order valence-corrected chi connectivity index (χ2v) is 7.36. The summed E-state index contributed by atoms with van der Waals surface area (Å²) in [6.45, 7) is 9.74. The number of rotatable bonds is 6. The van der Waals surface area contributed by atoms with Crippen molar-refractivity contribution in [2.45, 2.75) is 44.9 Å². The Morgan fingerprint density at radius 1 is 1.33 bits per heavy atom. The highest BCUT2D eigenvalue weighted by Gasteiger charge is 2.15. The number of benzene rings is 1. The Labute approximate surface area is 115 Å². The van der Waals surface area contributed by atoms with E-state index in [1.807, 2.05) is 17.8 Å². The van der Waals surface area contributed by atoms with Gasteiger partial charge in [0.15, 0.2) is 0 Å². The number of likely N-dealkylation sites (N-methyl/N-ethyl adjacent to an activating group) is 1. The summed E-state index contributed by atoms with van der Waals surface area (Å²) in [5.74, 6) is 0.902. The van der Waals surface area contributed by atoms with Gasteiger partial charge < -0.3 is 5.32 Å². The maximum atomic E-state index is 13.2. The summed E-state index contributed by atoms with van der Waals surface area (Å²) in [5.41, 5.74) is 1.07. The normalized spacial score (nSPS) is 13.6. The number of halogens is 1. The minimum absolute atomic E-state index is 0.147. The molecule has 0 saturated heterocycles. The molecule has 1 rings (SSSR count). The first-order chi connectivity index (χ1) is 8.40. The zero-order valence-electron chi connectivity index (χ0n) is 11.8. The van der Waals surface area contributed by atoms with Crippen LogP contribution in [-0.4, -0.2) is 23.1 Å². The van der Waals surface area contributed by atoms with Gasteiger partial charge in [0.05, 0.1) is 0 Å². The van der Waals surface area contributed by atoms with Gasteiger partial charge in [-0.05, 0) is 30.7 Å². The van der Waals surface area contributed by atoms with Crippen molar-refractivity contribution >= 4 is 11.8 Å². The molecule has 0 fully saturated rings. The van der Waals surface area contributed by atoms with Crippen molar-refractivity contribution < 1.29 is 4.39 Å². The molecule has 1 atom stereocenters. The van der Waals surface area contributed by atoms with Gasteiger partial charge in [-0.15, -0.1) is 0 Å². The summed E-state index contributed by atoms with van der Waals surface area (Å²) >= 11 is 1.95. The largest absolute Gasteiger partial charge is 0.313 e. The third-order valence-corrected chi connectivity index (χ3v) is 4.02. The first-order valence-corrected chi connectivity index (χ1v) is 7.51. The number of hydrogen-bond donors (Lipinski definition) is 1. The van der Waals surface area contributed by atoms with Crippen molar-refractivity contribution in [3.63, 3.8) is 0 Å². The molecule has 1 nitrogen and oxygen atoms in total. The van der Waals surface area contributed by atoms with Crippen molar-refractivity contribution in [1.29, 1.82) is 0 Å². The van der Waals surface area contributed by atoms with Crippen LogP contribution in [0.5, 0.6) is 0 Å². The molecule has 102 valence electrons. The van der Waals surface area contributed by atoms with Gasteiger partial charge in [-0.3, -0.25) is 0 Å². The number of thioether (sulfide) groups is 1. The summed E-state index contributed by atoms with van der Waals surface area (Å²) < 4.78 is 13.4. The van der Waals surface area contributed by atoms with Gasteiger partial charge in [0.2, 0.25) is 0 Å². The highest BCUT2D eigenvalue weighted by Crippen LogP contribution is 2.24. The second kappa shape index (κ2) is 7.15. The fourth-order valence-electron chi connectivity index (χ4n) is 1.78. The van der Waals surface area contributed by atoms with Gasteiger partial charge in [0.25, 0.3) is 0 Å². The van der Waals surface area contributed by atoms with Gasteiger partial charge in [-0.2, -0.15) is 11.8 Å². The van der Waals surface area contributed by atoms with E-state index in [1.165, 1.54) is 6.07 Å². The molecular formula is C15H24FNS. The lowest BCUT2D eigenvalue weighted by molar-refractivity contribution is 0.566. The molecule has 1 unspecified atom stereocenters. The highest BCUT2D eigenvalue weighted by atomic mass is 32.2. The molecule has 0 aliphatic rings. The van der Waals surface area contributed by atoms with Gasteiger partial charge in [-0.1, -0.05) is 39.8 Å². The molecule has 18 heavy (non-hydrogen) atoms. The van der Waals surface area contributed by atoms with Crippen molar-refractivity contribution in [1.82, 2.24) is 5.32 Å². The minimum Gasteiger partial charge on any atom is -0.313 e. The van der Waals surface area contributed by atoms with E-state index in [-0.39, 0.29) is 10.6 Å². The standard InChI is InChI=1S/C15H24FNS/c1-5-17-14(11-18-15(2,3)4)10-12-7-6-8-13(16)9-12/h6-9,14,17H,5,10-11H2,1-4H3. The van der Waals surface area contributed by atoms with Crippen LogP contribution in [0, 0.1) is 5.82 Å². The van der Waals surface area contributed by atoms with E-state index >= 15 is 0 Å². The highest BCUT2D eigenvalue weighted by molar-refractivity contribution is 8.00. The third-order valence-electron chi connectivity index (χ3n) is 2.58. The van der Waals surface area contributed by atoms with Crippen LogP contribution in [-0.2, 0) is 6.42 Å². The summed E-state index contributed by atoms with van der Waals surface area (Å²) in [5, 5.41) is 3.48. The molecule has 0 amide bonds. The minimum atomic E-state index is -0.147. The van der Waals surface area contributed by atoms with E-state index < -0.39 is 0 Å².